The molecule has 1 aliphatic carbocycles. The fourth-order valence-corrected chi connectivity index (χ4v) is 3.60. The summed E-state index contributed by atoms with van der Waals surface area (Å²) in [4.78, 5) is 2.78. The fraction of sp³-hybridized carbons (Fsp3) is 1.00. The second-order valence-corrected chi connectivity index (χ2v) is 5.13. The molecule has 2 heteroatoms. The Morgan fingerprint density at radius 1 is 1.00 bits per heavy atom. The lowest BCUT2D eigenvalue weighted by Crippen LogP contribution is -2.46. The molecular formula is C11H20BrN. The SMILES string of the molecule is BrCC1CCCCN1C1CCCC1. The molecule has 0 aromatic rings. The Labute approximate surface area is 90.0 Å². The van der Waals surface area contributed by atoms with Crippen LogP contribution in [0.25, 0.3) is 0 Å². The first-order chi connectivity index (χ1) is 6.42. The maximum atomic E-state index is 3.66. The second kappa shape index (κ2) is 4.79. The molecule has 0 aromatic carbocycles. The van der Waals surface area contributed by atoms with Crippen LogP contribution in [0.1, 0.15) is 44.9 Å². The van der Waals surface area contributed by atoms with E-state index in [1.807, 2.05) is 0 Å². The van der Waals surface area contributed by atoms with Crippen molar-refractivity contribution in [3.63, 3.8) is 0 Å². The van der Waals surface area contributed by atoms with Crippen LogP contribution in [0.15, 0.2) is 0 Å². The average Bonchev–Trinajstić information content (AvgIpc) is 2.70. The minimum atomic E-state index is 0.844. The summed E-state index contributed by atoms with van der Waals surface area (Å²) in [6, 6.07) is 1.78. The molecule has 1 unspecified atom stereocenters. The predicted molar refractivity (Wildman–Crippen MR) is 60.4 cm³/mol. The lowest BCUT2D eigenvalue weighted by molar-refractivity contribution is 0.111. The van der Waals surface area contributed by atoms with Crippen LogP contribution in [0.2, 0.25) is 0 Å². The van der Waals surface area contributed by atoms with Gasteiger partial charge >= 0.3 is 0 Å². The Morgan fingerprint density at radius 2 is 1.69 bits per heavy atom. The molecule has 1 heterocycles. The van der Waals surface area contributed by atoms with E-state index in [0.717, 1.165) is 12.1 Å². The summed E-state index contributed by atoms with van der Waals surface area (Å²) in [5, 5.41) is 1.18. The van der Waals surface area contributed by atoms with Gasteiger partial charge in [0.25, 0.3) is 0 Å². The largest absolute Gasteiger partial charge is 0.297 e. The van der Waals surface area contributed by atoms with Crippen molar-refractivity contribution in [3.8, 4) is 0 Å². The second-order valence-electron chi connectivity index (χ2n) is 4.48. The Bertz CT molecular complexity index is 152. The molecule has 0 aromatic heterocycles. The number of alkyl halides is 1. The molecule has 13 heavy (non-hydrogen) atoms. The van der Waals surface area contributed by atoms with Gasteiger partial charge in [-0.25, -0.2) is 0 Å². The summed E-state index contributed by atoms with van der Waals surface area (Å²) < 4.78 is 0. The Kier molecular flexibility index (Phi) is 3.67. The summed E-state index contributed by atoms with van der Waals surface area (Å²) in [6.07, 6.45) is 10.2. The van der Waals surface area contributed by atoms with Crippen LogP contribution in [-0.2, 0) is 0 Å². The normalized spacial score (nSPS) is 32.5. The van der Waals surface area contributed by atoms with Gasteiger partial charge in [-0.3, -0.25) is 4.90 Å². The molecule has 0 N–H and O–H groups in total. The highest BCUT2D eigenvalue weighted by atomic mass is 79.9. The van der Waals surface area contributed by atoms with Crippen molar-refractivity contribution in [2.24, 2.45) is 0 Å². The van der Waals surface area contributed by atoms with Crippen molar-refractivity contribution in [2.75, 3.05) is 11.9 Å². The van der Waals surface area contributed by atoms with E-state index >= 15 is 0 Å². The zero-order valence-electron chi connectivity index (χ0n) is 8.34. The minimum absolute atomic E-state index is 0.844. The van der Waals surface area contributed by atoms with Crippen LogP contribution < -0.4 is 0 Å². The molecule has 1 aliphatic heterocycles. The number of likely N-dealkylation sites (tertiary alicyclic amines) is 1. The minimum Gasteiger partial charge on any atom is -0.297 e. The van der Waals surface area contributed by atoms with E-state index in [2.05, 4.69) is 20.8 Å². The van der Waals surface area contributed by atoms with E-state index in [4.69, 9.17) is 0 Å². The molecule has 0 amide bonds. The Morgan fingerprint density at radius 3 is 2.38 bits per heavy atom. The van der Waals surface area contributed by atoms with Crippen LogP contribution >= 0.6 is 15.9 Å². The van der Waals surface area contributed by atoms with Gasteiger partial charge in [-0.1, -0.05) is 35.2 Å². The topological polar surface area (TPSA) is 3.24 Å². The quantitative estimate of drug-likeness (QED) is 0.676. The van der Waals surface area contributed by atoms with E-state index in [9.17, 15) is 0 Å². The highest BCUT2D eigenvalue weighted by Crippen LogP contribution is 2.29. The van der Waals surface area contributed by atoms with Gasteiger partial charge < -0.3 is 0 Å². The molecule has 1 saturated carbocycles. The summed E-state index contributed by atoms with van der Waals surface area (Å²) in [5.74, 6) is 0. The molecule has 0 spiro atoms. The van der Waals surface area contributed by atoms with Gasteiger partial charge in [0.2, 0.25) is 0 Å². The van der Waals surface area contributed by atoms with Crippen molar-refractivity contribution in [1.29, 1.82) is 0 Å². The van der Waals surface area contributed by atoms with E-state index in [1.165, 1.54) is 56.8 Å². The van der Waals surface area contributed by atoms with Crippen molar-refractivity contribution < 1.29 is 0 Å². The number of piperidine rings is 1. The third kappa shape index (κ3) is 2.27. The van der Waals surface area contributed by atoms with Crippen molar-refractivity contribution in [3.05, 3.63) is 0 Å². The van der Waals surface area contributed by atoms with Crippen molar-refractivity contribution in [1.82, 2.24) is 4.90 Å². The first kappa shape index (κ1) is 9.97. The van der Waals surface area contributed by atoms with Gasteiger partial charge in [0.05, 0.1) is 0 Å². The lowest BCUT2D eigenvalue weighted by Gasteiger charge is -2.39. The lowest BCUT2D eigenvalue weighted by atomic mass is 10.0. The number of rotatable bonds is 2. The van der Waals surface area contributed by atoms with Crippen LogP contribution in [0.3, 0.4) is 0 Å². The summed E-state index contributed by atoms with van der Waals surface area (Å²) in [6.45, 7) is 1.36. The fourth-order valence-electron chi connectivity index (χ4n) is 2.91. The highest BCUT2D eigenvalue weighted by molar-refractivity contribution is 9.09. The molecular weight excluding hydrogens is 226 g/mol. The number of hydrogen-bond acceptors (Lipinski definition) is 1. The van der Waals surface area contributed by atoms with Crippen LogP contribution in [0.5, 0.6) is 0 Å². The van der Waals surface area contributed by atoms with Gasteiger partial charge in [0.15, 0.2) is 0 Å². The van der Waals surface area contributed by atoms with Gasteiger partial charge in [-0.2, -0.15) is 0 Å². The van der Waals surface area contributed by atoms with E-state index in [-0.39, 0.29) is 0 Å². The smallest absolute Gasteiger partial charge is 0.0195 e. The van der Waals surface area contributed by atoms with Crippen LogP contribution in [0, 0.1) is 0 Å². The van der Waals surface area contributed by atoms with Crippen molar-refractivity contribution in [2.45, 2.75) is 57.0 Å². The number of halogens is 1. The molecule has 2 aliphatic rings. The Hall–Kier alpha value is 0.440. The highest BCUT2D eigenvalue weighted by Gasteiger charge is 2.29. The zero-order valence-corrected chi connectivity index (χ0v) is 9.93. The predicted octanol–water partition coefficient (Wildman–Crippen LogP) is 3.18. The van der Waals surface area contributed by atoms with Gasteiger partial charge in [0.1, 0.15) is 0 Å². The molecule has 2 fully saturated rings. The maximum Gasteiger partial charge on any atom is 0.0195 e. The Balaban J connectivity index is 1.93. The standard InChI is InChI=1S/C11H20BrN/c12-9-11-7-3-4-8-13(11)10-5-1-2-6-10/h10-11H,1-9H2. The molecule has 1 nitrogen and oxygen atoms in total. The third-order valence-electron chi connectivity index (χ3n) is 3.64. The average molecular weight is 246 g/mol. The number of nitrogens with zero attached hydrogens (tertiary/aromatic N) is 1. The third-order valence-corrected chi connectivity index (χ3v) is 4.39. The van der Waals surface area contributed by atoms with Gasteiger partial charge in [-0.05, 0) is 32.2 Å². The summed E-state index contributed by atoms with van der Waals surface area (Å²) in [7, 11) is 0. The van der Waals surface area contributed by atoms with Crippen LogP contribution in [0.4, 0.5) is 0 Å². The summed E-state index contributed by atoms with van der Waals surface area (Å²) in [5.41, 5.74) is 0. The summed E-state index contributed by atoms with van der Waals surface area (Å²) >= 11 is 3.66. The molecule has 0 bridgehead atoms. The molecule has 1 saturated heterocycles. The van der Waals surface area contributed by atoms with Crippen LogP contribution in [-0.4, -0.2) is 28.9 Å². The first-order valence-electron chi connectivity index (χ1n) is 5.73. The van der Waals surface area contributed by atoms with E-state index in [0.29, 0.717) is 0 Å². The maximum absolute atomic E-state index is 3.66. The monoisotopic (exact) mass is 245 g/mol. The zero-order chi connectivity index (χ0) is 9.10. The first-order valence-corrected chi connectivity index (χ1v) is 6.85. The molecule has 0 radical (unpaired) electrons. The van der Waals surface area contributed by atoms with E-state index in [1.54, 1.807) is 0 Å². The van der Waals surface area contributed by atoms with Gasteiger partial charge in [-0.15, -0.1) is 0 Å². The van der Waals surface area contributed by atoms with Gasteiger partial charge in [0, 0.05) is 17.4 Å². The molecule has 76 valence electrons. The number of hydrogen-bond donors (Lipinski definition) is 0. The molecule has 2 rings (SSSR count). The molecule has 1 atom stereocenters. The van der Waals surface area contributed by atoms with Crippen molar-refractivity contribution >= 4 is 15.9 Å². The van der Waals surface area contributed by atoms with E-state index < -0.39 is 0 Å².